The first-order valence-corrected chi connectivity index (χ1v) is 8.72. The van der Waals surface area contributed by atoms with Crippen molar-refractivity contribution in [2.75, 3.05) is 31.3 Å². The van der Waals surface area contributed by atoms with E-state index in [1.54, 1.807) is 6.92 Å². The third-order valence-corrected chi connectivity index (χ3v) is 5.50. The van der Waals surface area contributed by atoms with Gasteiger partial charge in [-0.05, 0) is 19.8 Å². The third kappa shape index (κ3) is 3.92. The SMILES string of the molecule is CCS(=O)(=O)N1CCC(Nc2ncc(C(=O)OC)cn2)CC1. The highest BCUT2D eigenvalue weighted by Crippen LogP contribution is 2.17. The highest BCUT2D eigenvalue weighted by atomic mass is 32.2. The maximum absolute atomic E-state index is 11.8. The van der Waals surface area contributed by atoms with Gasteiger partial charge in [0.25, 0.3) is 0 Å². The molecule has 1 fully saturated rings. The summed E-state index contributed by atoms with van der Waals surface area (Å²) in [6.07, 6.45) is 4.19. The van der Waals surface area contributed by atoms with E-state index in [0.29, 0.717) is 31.9 Å². The van der Waals surface area contributed by atoms with Gasteiger partial charge in [0.15, 0.2) is 0 Å². The zero-order valence-corrected chi connectivity index (χ0v) is 13.5. The molecule has 1 aromatic rings. The Morgan fingerprint density at radius 3 is 2.45 bits per heavy atom. The molecule has 0 bridgehead atoms. The second-order valence-electron chi connectivity index (χ2n) is 5.01. The largest absolute Gasteiger partial charge is 0.465 e. The van der Waals surface area contributed by atoms with Crippen molar-refractivity contribution in [1.82, 2.24) is 14.3 Å². The Morgan fingerprint density at radius 2 is 1.95 bits per heavy atom. The van der Waals surface area contributed by atoms with Gasteiger partial charge in [-0.1, -0.05) is 0 Å². The summed E-state index contributed by atoms with van der Waals surface area (Å²) in [5.74, 6) is 0.0671. The molecule has 1 saturated heterocycles. The minimum atomic E-state index is -3.11. The van der Waals surface area contributed by atoms with Crippen LogP contribution in [0.25, 0.3) is 0 Å². The second-order valence-corrected chi connectivity index (χ2v) is 7.26. The molecule has 8 nitrogen and oxygen atoms in total. The van der Waals surface area contributed by atoms with Crippen LogP contribution < -0.4 is 5.32 Å². The molecule has 122 valence electrons. The predicted molar refractivity (Wildman–Crippen MR) is 81.1 cm³/mol. The summed E-state index contributed by atoms with van der Waals surface area (Å²) in [4.78, 5) is 19.4. The summed E-state index contributed by atoms with van der Waals surface area (Å²) >= 11 is 0. The Balaban J connectivity index is 1.90. The lowest BCUT2D eigenvalue weighted by Crippen LogP contribution is -2.43. The van der Waals surface area contributed by atoms with Crippen molar-refractivity contribution in [3.63, 3.8) is 0 Å². The monoisotopic (exact) mass is 328 g/mol. The van der Waals surface area contributed by atoms with Crippen LogP contribution in [0, 0.1) is 0 Å². The summed E-state index contributed by atoms with van der Waals surface area (Å²) in [5, 5.41) is 3.16. The Bertz CT molecular complexity index is 609. The number of ether oxygens (including phenoxy) is 1. The van der Waals surface area contributed by atoms with Gasteiger partial charge in [-0.3, -0.25) is 0 Å². The average Bonchev–Trinajstić information content (AvgIpc) is 2.55. The van der Waals surface area contributed by atoms with Gasteiger partial charge in [-0.25, -0.2) is 27.5 Å². The Morgan fingerprint density at radius 1 is 1.36 bits per heavy atom. The minimum absolute atomic E-state index is 0.118. The molecule has 22 heavy (non-hydrogen) atoms. The van der Waals surface area contributed by atoms with Crippen LogP contribution in [0.4, 0.5) is 5.95 Å². The van der Waals surface area contributed by atoms with Crippen LogP contribution in [0.15, 0.2) is 12.4 Å². The normalized spacial score (nSPS) is 17.2. The van der Waals surface area contributed by atoms with E-state index in [-0.39, 0.29) is 17.4 Å². The van der Waals surface area contributed by atoms with Gasteiger partial charge in [0, 0.05) is 31.5 Å². The van der Waals surface area contributed by atoms with Gasteiger partial charge in [-0.15, -0.1) is 0 Å². The summed E-state index contributed by atoms with van der Waals surface area (Å²) in [6.45, 7) is 2.64. The average molecular weight is 328 g/mol. The fourth-order valence-corrected chi connectivity index (χ4v) is 3.40. The summed E-state index contributed by atoms with van der Waals surface area (Å²) in [7, 11) is -1.81. The number of nitrogens with zero attached hydrogens (tertiary/aromatic N) is 3. The van der Waals surface area contributed by atoms with E-state index in [9.17, 15) is 13.2 Å². The lowest BCUT2D eigenvalue weighted by molar-refractivity contribution is 0.0600. The lowest BCUT2D eigenvalue weighted by Gasteiger charge is -2.31. The van der Waals surface area contributed by atoms with Gasteiger partial charge in [0.05, 0.1) is 18.4 Å². The number of nitrogens with one attached hydrogen (secondary N) is 1. The molecule has 0 aromatic carbocycles. The number of carbonyl (C=O) groups excluding carboxylic acids is 1. The highest BCUT2D eigenvalue weighted by Gasteiger charge is 2.26. The van der Waals surface area contributed by atoms with Crippen LogP contribution in [-0.4, -0.2) is 60.7 Å². The number of rotatable bonds is 5. The topological polar surface area (TPSA) is 101 Å². The number of piperidine rings is 1. The summed E-state index contributed by atoms with van der Waals surface area (Å²) in [6, 6.07) is 0.118. The first-order chi connectivity index (χ1) is 10.5. The molecule has 1 N–H and O–H groups in total. The van der Waals surface area contributed by atoms with Crippen molar-refractivity contribution in [1.29, 1.82) is 0 Å². The van der Waals surface area contributed by atoms with E-state index in [1.807, 2.05) is 0 Å². The van der Waals surface area contributed by atoms with Crippen LogP contribution in [0.3, 0.4) is 0 Å². The molecule has 2 heterocycles. The number of sulfonamides is 1. The highest BCUT2D eigenvalue weighted by molar-refractivity contribution is 7.89. The molecule has 0 saturated carbocycles. The van der Waals surface area contributed by atoms with Crippen molar-refractivity contribution < 1.29 is 17.9 Å². The number of esters is 1. The van der Waals surface area contributed by atoms with Gasteiger partial charge in [0.2, 0.25) is 16.0 Å². The van der Waals surface area contributed by atoms with Crippen LogP contribution >= 0.6 is 0 Å². The molecule has 0 unspecified atom stereocenters. The Hall–Kier alpha value is -1.74. The number of aromatic nitrogens is 2. The molecule has 0 radical (unpaired) electrons. The Kier molecular flexibility index (Phi) is 5.30. The zero-order chi connectivity index (χ0) is 16.2. The van der Waals surface area contributed by atoms with Gasteiger partial charge < -0.3 is 10.1 Å². The molecule has 0 atom stereocenters. The van der Waals surface area contributed by atoms with E-state index in [1.165, 1.54) is 23.8 Å². The molecule has 1 aliphatic rings. The van der Waals surface area contributed by atoms with E-state index in [0.717, 1.165) is 0 Å². The number of methoxy groups -OCH3 is 1. The molecule has 1 aromatic heterocycles. The van der Waals surface area contributed by atoms with Crippen molar-refractivity contribution in [2.45, 2.75) is 25.8 Å². The van der Waals surface area contributed by atoms with Crippen LogP contribution in [0.5, 0.6) is 0 Å². The van der Waals surface area contributed by atoms with Crippen molar-refractivity contribution in [3.05, 3.63) is 18.0 Å². The molecule has 0 amide bonds. The van der Waals surface area contributed by atoms with Crippen molar-refractivity contribution >= 4 is 21.9 Å². The van der Waals surface area contributed by atoms with Gasteiger partial charge in [0.1, 0.15) is 0 Å². The first kappa shape index (κ1) is 16.6. The predicted octanol–water partition coefficient (Wildman–Crippen LogP) is 0.489. The smallest absolute Gasteiger partial charge is 0.341 e. The minimum Gasteiger partial charge on any atom is -0.465 e. The maximum Gasteiger partial charge on any atom is 0.341 e. The zero-order valence-electron chi connectivity index (χ0n) is 12.7. The number of hydrogen-bond acceptors (Lipinski definition) is 7. The van der Waals surface area contributed by atoms with Crippen LogP contribution in [0.2, 0.25) is 0 Å². The quantitative estimate of drug-likeness (QED) is 0.785. The molecule has 0 aliphatic carbocycles. The van der Waals surface area contributed by atoms with Crippen LogP contribution in [-0.2, 0) is 14.8 Å². The first-order valence-electron chi connectivity index (χ1n) is 7.11. The van der Waals surface area contributed by atoms with E-state index in [2.05, 4.69) is 20.0 Å². The van der Waals surface area contributed by atoms with Crippen LogP contribution in [0.1, 0.15) is 30.1 Å². The standard InChI is InChI=1S/C13H20N4O4S/c1-3-22(19,20)17-6-4-11(5-7-17)16-13-14-8-10(9-15-13)12(18)21-2/h8-9,11H,3-7H2,1-2H3,(H,14,15,16). The fraction of sp³-hybridized carbons (Fsp3) is 0.615. The summed E-state index contributed by atoms with van der Waals surface area (Å²) in [5.41, 5.74) is 0.289. The maximum atomic E-state index is 11.8. The summed E-state index contributed by atoms with van der Waals surface area (Å²) < 4.78 is 29.7. The number of hydrogen-bond donors (Lipinski definition) is 1. The van der Waals surface area contributed by atoms with Gasteiger partial charge >= 0.3 is 5.97 Å². The molecule has 0 spiro atoms. The molecule has 2 rings (SSSR count). The molecule has 9 heteroatoms. The lowest BCUT2D eigenvalue weighted by atomic mass is 10.1. The van der Waals surface area contributed by atoms with Crippen molar-refractivity contribution in [2.24, 2.45) is 0 Å². The van der Waals surface area contributed by atoms with E-state index < -0.39 is 16.0 Å². The van der Waals surface area contributed by atoms with Crippen molar-refractivity contribution in [3.8, 4) is 0 Å². The van der Waals surface area contributed by atoms with E-state index >= 15 is 0 Å². The fourth-order valence-electron chi connectivity index (χ4n) is 2.27. The number of anilines is 1. The van der Waals surface area contributed by atoms with Gasteiger partial charge in [-0.2, -0.15) is 0 Å². The Labute approximate surface area is 129 Å². The molecular weight excluding hydrogens is 308 g/mol. The van der Waals surface area contributed by atoms with E-state index in [4.69, 9.17) is 0 Å². The second kappa shape index (κ2) is 7.01. The molecular formula is C13H20N4O4S. The number of carbonyl (C=O) groups is 1. The molecule has 1 aliphatic heterocycles. The third-order valence-electron chi connectivity index (χ3n) is 3.62.